The van der Waals surface area contributed by atoms with E-state index in [1.807, 2.05) is 48.7 Å². The molecule has 0 atom stereocenters. The molecule has 80 valence electrons. The average Bonchev–Trinajstić information content (AvgIpc) is 2.38. The maximum Gasteiger partial charge on any atom is 0.0630 e. The number of hydrogen-bond acceptors (Lipinski definition) is 2. The highest BCUT2D eigenvalue weighted by atomic mass is 32.2. The molecule has 0 bridgehead atoms. The number of hydrogen-bond donors (Lipinski definition) is 0. The van der Waals surface area contributed by atoms with Crippen LogP contribution < -0.4 is 0 Å². The van der Waals surface area contributed by atoms with Crippen LogP contribution in [-0.2, 0) is 0 Å². The zero-order valence-corrected chi connectivity index (χ0v) is 9.95. The lowest BCUT2D eigenvalue weighted by atomic mass is 10.2. The number of nitrogens with zero attached hydrogens (tertiary/aromatic N) is 1. The van der Waals surface area contributed by atoms with E-state index in [1.165, 1.54) is 4.90 Å². The molecule has 0 fully saturated rings. The van der Waals surface area contributed by atoms with Crippen molar-refractivity contribution >= 4 is 23.7 Å². The molecule has 0 heterocycles. The SMILES string of the molecule is CSc1ccc(N=Cc2ccccc2)cc1. The molecule has 0 aromatic heterocycles. The molecule has 16 heavy (non-hydrogen) atoms. The molecule has 0 saturated heterocycles. The third-order valence-electron chi connectivity index (χ3n) is 2.23. The fraction of sp³-hybridized carbons (Fsp3) is 0.0714. The van der Waals surface area contributed by atoms with E-state index in [0.717, 1.165) is 11.3 Å². The monoisotopic (exact) mass is 227 g/mol. The van der Waals surface area contributed by atoms with Gasteiger partial charge in [0.1, 0.15) is 0 Å². The summed E-state index contributed by atoms with van der Waals surface area (Å²) >= 11 is 1.74. The summed E-state index contributed by atoms with van der Waals surface area (Å²) in [7, 11) is 0. The van der Waals surface area contributed by atoms with Crippen LogP contribution in [0.2, 0.25) is 0 Å². The largest absolute Gasteiger partial charge is 0.256 e. The van der Waals surface area contributed by atoms with Gasteiger partial charge in [0.15, 0.2) is 0 Å². The predicted molar refractivity (Wildman–Crippen MR) is 71.9 cm³/mol. The predicted octanol–water partition coefficient (Wildman–Crippen LogP) is 4.16. The Kier molecular flexibility index (Phi) is 3.78. The number of aliphatic imine (C=N–C) groups is 1. The number of thioether (sulfide) groups is 1. The van der Waals surface area contributed by atoms with Crippen LogP contribution in [0.1, 0.15) is 5.56 Å². The van der Waals surface area contributed by atoms with Gasteiger partial charge in [-0.25, -0.2) is 0 Å². The second-order valence-corrected chi connectivity index (χ2v) is 4.25. The van der Waals surface area contributed by atoms with E-state index in [-0.39, 0.29) is 0 Å². The maximum absolute atomic E-state index is 4.42. The van der Waals surface area contributed by atoms with E-state index in [4.69, 9.17) is 0 Å². The minimum absolute atomic E-state index is 0.988. The summed E-state index contributed by atoms with van der Waals surface area (Å²) in [4.78, 5) is 5.68. The van der Waals surface area contributed by atoms with Crippen molar-refractivity contribution in [3.05, 3.63) is 60.2 Å². The van der Waals surface area contributed by atoms with Crippen molar-refractivity contribution in [1.29, 1.82) is 0 Å². The molecule has 0 aliphatic heterocycles. The highest BCUT2D eigenvalue weighted by molar-refractivity contribution is 7.98. The molecule has 1 nitrogen and oxygen atoms in total. The van der Waals surface area contributed by atoms with Gasteiger partial charge in [0.05, 0.1) is 5.69 Å². The second kappa shape index (κ2) is 5.52. The Morgan fingerprint density at radius 1 is 0.938 bits per heavy atom. The Balaban J connectivity index is 2.12. The van der Waals surface area contributed by atoms with Crippen molar-refractivity contribution in [2.75, 3.05) is 6.26 Å². The first-order valence-corrected chi connectivity index (χ1v) is 6.34. The van der Waals surface area contributed by atoms with Crippen molar-refractivity contribution in [2.45, 2.75) is 4.90 Å². The molecule has 0 aliphatic rings. The van der Waals surface area contributed by atoms with E-state index in [9.17, 15) is 0 Å². The summed E-state index contributed by atoms with van der Waals surface area (Å²) in [5, 5.41) is 0. The third kappa shape index (κ3) is 2.97. The normalized spacial score (nSPS) is 10.8. The lowest BCUT2D eigenvalue weighted by Crippen LogP contribution is -1.77. The molecular weight excluding hydrogens is 214 g/mol. The third-order valence-corrected chi connectivity index (χ3v) is 2.98. The molecule has 0 spiro atoms. The first kappa shape index (κ1) is 11.0. The summed E-state index contributed by atoms with van der Waals surface area (Å²) < 4.78 is 0. The van der Waals surface area contributed by atoms with Gasteiger partial charge < -0.3 is 0 Å². The average molecular weight is 227 g/mol. The van der Waals surface area contributed by atoms with Crippen LogP contribution in [0.15, 0.2) is 64.5 Å². The van der Waals surface area contributed by atoms with Crippen LogP contribution in [0, 0.1) is 0 Å². The van der Waals surface area contributed by atoms with Crippen molar-refractivity contribution in [3.8, 4) is 0 Å². The van der Waals surface area contributed by atoms with Crippen molar-refractivity contribution < 1.29 is 0 Å². The van der Waals surface area contributed by atoms with Gasteiger partial charge in [-0.15, -0.1) is 11.8 Å². The van der Waals surface area contributed by atoms with E-state index in [2.05, 4.69) is 23.4 Å². The lowest BCUT2D eigenvalue weighted by Gasteiger charge is -1.96. The standard InChI is InChI=1S/C14H13NS/c1-16-14-9-7-13(8-10-14)15-11-12-5-3-2-4-6-12/h2-11H,1H3. The molecule has 0 N–H and O–H groups in total. The molecule has 0 radical (unpaired) electrons. The van der Waals surface area contributed by atoms with Gasteiger partial charge >= 0.3 is 0 Å². The number of benzene rings is 2. The molecule has 0 amide bonds. The molecular formula is C14H13NS. The zero-order valence-electron chi connectivity index (χ0n) is 9.13. The number of rotatable bonds is 3. The van der Waals surface area contributed by atoms with E-state index in [1.54, 1.807) is 11.8 Å². The topological polar surface area (TPSA) is 12.4 Å². The van der Waals surface area contributed by atoms with Gasteiger partial charge in [0.25, 0.3) is 0 Å². The van der Waals surface area contributed by atoms with Crippen LogP contribution in [0.5, 0.6) is 0 Å². The van der Waals surface area contributed by atoms with Crippen molar-refractivity contribution in [1.82, 2.24) is 0 Å². The Labute approximate surface area is 100 Å². The van der Waals surface area contributed by atoms with E-state index >= 15 is 0 Å². The molecule has 2 aromatic carbocycles. The van der Waals surface area contributed by atoms with Crippen LogP contribution >= 0.6 is 11.8 Å². The minimum Gasteiger partial charge on any atom is -0.256 e. The Hall–Kier alpha value is -1.54. The quantitative estimate of drug-likeness (QED) is 0.566. The lowest BCUT2D eigenvalue weighted by molar-refractivity contribution is 1.42. The Morgan fingerprint density at radius 2 is 1.62 bits per heavy atom. The summed E-state index contributed by atoms with van der Waals surface area (Å²) in [6.07, 6.45) is 3.95. The van der Waals surface area contributed by atoms with Gasteiger partial charge in [-0.3, -0.25) is 4.99 Å². The van der Waals surface area contributed by atoms with Gasteiger partial charge in [0, 0.05) is 11.1 Å². The van der Waals surface area contributed by atoms with Crippen molar-refractivity contribution in [3.63, 3.8) is 0 Å². The van der Waals surface area contributed by atoms with Crippen LogP contribution in [0.25, 0.3) is 0 Å². The molecule has 0 aliphatic carbocycles. The molecule has 2 rings (SSSR count). The summed E-state index contributed by atoms with van der Waals surface area (Å²) in [5.74, 6) is 0. The minimum atomic E-state index is 0.988. The zero-order chi connectivity index (χ0) is 11.2. The van der Waals surface area contributed by atoms with Gasteiger partial charge in [-0.05, 0) is 36.1 Å². The summed E-state index contributed by atoms with van der Waals surface area (Å²) in [6, 6.07) is 18.3. The molecule has 2 aromatic rings. The van der Waals surface area contributed by atoms with Crippen molar-refractivity contribution in [2.24, 2.45) is 4.99 Å². The van der Waals surface area contributed by atoms with Gasteiger partial charge in [0.2, 0.25) is 0 Å². The Morgan fingerprint density at radius 3 is 2.25 bits per heavy atom. The van der Waals surface area contributed by atoms with Gasteiger partial charge in [-0.2, -0.15) is 0 Å². The smallest absolute Gasteiger partial charge is 0.0630 e. The molecule has 0 unspecified atom stereocenters. The van der Waals surface area contributed by atoms with E-state index < -0.39 is 0 Å². The summed E-state index contributed by atoms with van der Waals surface area (Å²) in [6.45, 7) is 0. The highest BCUT2D eigenvalue weighted by Gasteiger charge is 1.90. The van der Waals surface area contributed by atoms with Crippen LogP contribution in [0.3, 0.4) is 0 Å². The summed E-state index contributed by atoms with van der Waals surface area (Å²) in [5.41, 5.74) is 2.11. The second-order valence-electron chi connectivity index (χ2n) is 3.37. The Bertz CT molecular complexity index is 460. The fourth-order valence-corrected chi connectivity index (χ4v) is 1.76. The first-order valence-electron chi connectivity index (χ1n) is 5.11. The molecule has 2 heteroatoms. The highest BCUT2D eigenvalue weighted by Crippen LogP contribution is 2.19. The first-order chi connectivity index (χ1) is 7.88. The molecule has 0 saturated carbocycles. The van der Waals surface area contributed by atoms with Crippen LogP contribution in [0.4, 0.5) is 5.69 Å². The van der Waals surface area contributed by atoms with Crippen LogP contribution in [-0.4, -0.2) is 12.5 Å². The van der Waals surface area contributed by atoms with E-state index in [0.29, 0.717) is 0 Å². The fourth-order valence-electron chi connectivity index (χ4n) is 1.36. The maximum atomic E-state index is 4.42. The van der Waals surface area contributed by atoms with Gasteiger partial charge in [-0.1, -0.05) is 30.3 Å².